The number of hydrogen-bond acceptors (Lipinski definition) is 1. The molecule has 2 nitrogen and oxygen atoms in total. The molecule has 2 unspecified atom stereocenters. The van der Waals surface area contributed by atoms with Crippen molar-refractivity contribution >= 4 is 31.9 Å². The summed E-state index contributed by atoms with van der Waals surface area (Å²) in [4.78, 5) is 0.683. The van der Waals surface area contributed by atoms with Crippen LogP contribution in [0, 0.1) is 0 Å². The summed E-state index contributed by atoms with van der Waals surface area (Å²) >= 11 is 7.29. The van der Waals surface area contributed by atoms with E-state index in [1.54, 1.807) is 0 Å². The van der Waals surface area contributed by atoms with Crippen molar-refractivity contribution in [3.63, 3.8) is 0 Å². The van der Waals surface area contributed by atoms with E-state index in [2.05, 4.69) is 37.0 Å². The highest BCUT2D eigenvalue weighted by molar-refractivity contribution is 9.10. The predicted octanol–water partition coefficient (Wildman–Crippen LogP) is 3.60. The van der Waals surface area contributed by atoms with Crippen molar-refractivity contribution in [2.75, 3.05) is 0 Å². The first-order valence-corrected chi connectivity index (χ1v) is 6.71. The highest BCUT2D eigenvalue weighted by Crippen LogP contribution is 2.38. The van der Waals surface area contributed by atoms with Gasteiger partial charge in [0.15, 0.2) is 0 Å². The lowest BCUT2D eigenvalue weighted by atomic mass is 9.87. The van der Waals surface area contributed by atoms with E-state index in [0.29, 0.717) is 10.7 Å². The molecular weight excluding hydrogens is 308 g/mol. The van der Waals surface area contributed by atoms with Crippen molar-refractivity contribution in [2.45, 2.75) is 36.4 Å². The average Bonchev–Trinajstić information content (AvgIpc) is 2.46. The lowest BCUT2D eigenvalue weighted by Crippen LogP contribution is -2.16. The molecule has 2 atom stereocenters. The smallest absolute Gasteiger partial charge is 0.0635 e. The molecule has 0 aliphatic heterocycles. The van der Waals surface area contributed by atoms with Gasteiger partial charge in [-0.25, -0.2) is 0 Å². The van der Waals surface area contributed by atoms with E-state index >= 15 is 0 Å². The van der Waals surface area contributed by atoms with Crippen molar-refractivity contribution in [1.82, 2.24) is 9.78 Å². The fourth-order valence-electron chi connectivity index (χ4n) is 2.26. The summed E-state index contributed by atoms with van der Waals surface area (Å²) in [5, 5.41) is 4.27. The molecule has 1 fully saturated rings. The Bertz CT molecular complexity index is 302. The van der Waals surface area contributed by atoms with Crippen molar-refractivity contribution in [1.29, 1.82) is 0 Å². The van der Waals surface area contributed by atoms with Crippen LogP contribution in [0.25, 0.3) is 0 Å². The zero-order valence-electron chi connectivity index (χ0n) is 8.21. The first kappa shape index (κ1) is 10.7. The Balaban J connectivity index is 2.21. The fourth-order valence-corrected chi connectivity index (χ4v) is 3.70. The Morgan fingerprint density at radius 2 is 2.29 bits per heavy atom. The average molecular weight is 322 g/mol. The summed E-state index contributed by atoms with van der Waals surface area (Å²) in [5.74, 6) is 0.662. The van der Waals surface area contributed by atoms with E-state index in [0.717, 1.165) is 4.47 Å². The third-order valence-corrected chi connectivity index (χ3v) is 4.38. The van der Waals surface area contributed by atoms with Gasteiger partial charge in [0.05, 0.1) is 16.4 Å². The molecule has 1 aliphatic carbocycles. The third-order valence-electron chi connectivity index (χ3n) is 2.93. The number of aryl methyl sites for hydroxylation is 1. The largest absolute Gasteiger partial charge is 0.271 e. The van der Waals surface area contributed by atoms with Crippen molar-refractivity contribution < 1.29 is 0 Å². The van der Waals surface area contributed by atoms with Gasteiger partial charge in [-0.05, 0) is 35.2 Å². The van der Waals surface area contributed by atoms with Crippen LogP contribution in [-0.2, 0) is 7.05 Å². The van der Waals surface area contributed by atoms with E-state index in [4.69, 9.17) is 0 Å². The first-order valence-electron chi connectivity index (χ1n) is 5.00. The SMILES string of the molecule is Cn1ncc(Br)c1C1CCCC(Br)C1. The van der Waals surface area contributed by atoms with Crippen molar-refractivity contribution in [3.05, 3.63) is 16.4 Å². The Kier molecular flexibility index (Phi) is 3.32. The van der Waals surface area contributed by atoms with Gasteiger partial charge in [0, 0.05) is 17.8 Å². The van der Waals surface area contributed by atoms with Crippen LogP contribution in [0.5, 0.6) is 0 Å². The maximum Gasteiger partial charge on any atom is 0.0635 e. The summed E-state index contributed by atoms with van der Waals surface area (Å²) < 4.78 is 3.16. The zero-order valence-corrected chi connectivity index (χ0v) is 11.4. The predicted molar refractivity (Wildman–Crippen MR) is 64.8 cm³/mol. The van der Waals surface area contributed by atoms with Crippen LogP contribution in [0.15, 0.2) is 10.7 Å². The maximum absolute atomic E-state index is 4.27. The fraction of sp³-hybridized carbons (Fsp3) is 0.700. The van der Waals surface area contributed by atoms with Crippen LogP contribution in [0.4, 0.5) is 0 Å². The minimum absolute atomic E-state index is 0.662. The second kappa shape index (κ2) is 4.35. The Morgan fingerprint density at radius 1 is 1.50 bits per heavy atom. The second-order valence-corrected chi connectivity index (χ2v) is 6.11. The minimum Gasteiger partial charge on any atom is -0.271 e. The normalized spacial score (nSPS) is 27.9. The van der Waals surface area contributed by atoms with E-state index < -0.39 is 0 Å². The van der Waals surface area contributed by atoms with Crippen LogP contribution in [0.3, 0.4) is 0 Å². The molecule has 78 valence electrons. The summed E-state index contributed by atoms with van der Waals surface area (Å²) in [6, 6.07) is 0. The molecule has 1 aromatic heterocycles. The molecule has 0 radical (unpaired) electrons. The Hall–Kier alpha value is 0.170. The van der Waals surface area contributed by atoms with Crippen LogP contribution >= 0.6 is 31.9 Å². The van der Waals surface area contributed by atoms with Crippen LogP contribution in [-0.4, -0.2) is 14.6 Å². The number of alkyl halides is 1. The molecule has 0 spiro atoms. The van der Waals surface area contributed by atoms with Gasteiger partial charge in [-0.15, -0.1) is 0 Å². The van der Waals surface area contributed by atoms with Crippen LogP contribution in [0.1, 0.15) is 37.3 Å². The van der Waals surface area contributed by atoms with Crippen LogP contribution in [0.2, 0.25) is 0 Å². The first-order chi connectivity index (χ1) is 6.68. The van der Waals surface area contributed by atoms with Gasteiger partial charge in [-0.2, -0.15) is 5.10 Å². The highest BCUT2D eigenvalue weighted by Gasteiger charge is 2.25. The van der Waals surface area contributed by atoms with Crippen molar-refractivity contribution in [2.24, 2.45) is 7.05 Å². The molecule has 0 aromatic carbocycles. The highest BCUT2D eigenvalue weighted by atomic mass is 79.9. The molecule has 14 heavy (non-hydrogen) atoms. The molecule has 0 amide bonds. The standard InChI is InChI=1S/C10H14Br2N2/c1-14-10(9(12)6-13-14)7-3-2-4-8(11)5-7/h6-8H,2-5H2,1H3. The monoisotopic (exact) mass is 320 g/mol. The van der Waals surface area contributed by atoms with E-state index in [1.807, 2.05) is 17.9 Å². The summed E-state index contributed by atoms with van der Waals surface area (Å²) in [6.45, 7) is 0. The molecule has 1 aromatic rings. The number of aromatic nitrogens is 2. The van der Waals surface area contributed by atoms with E-state index in [1.165, 1.54) is 31.4 Å². The van der Waals surface area contributed by atoms with Crippen LogP contribution < -0.4 is 0 Å². The van der Waals surface area contributed by atoms with Gasteiger partial charge in [-0.1, -0.05) is 22.4 Å². The Morgan fingerprint density at radius 3 is 2.86 bits per heavy atom. The summed E-state index contributed by atoms with van der Waals surface area (Å²) in [5.41, 5.74) is 1.36. The molecule has 0 N–H and O–H groups in total. The van der Waals surface area contributed by atoms with Crippen molar-refractivity contribution in [3.8, 4) is 0 Å². The molecular formula is C10H14Br2N2. The Labute approximate surface area is 101 Å². The zero-order chi connectivity index (χ0) is 10.1. The number of hydrogen-bond donors (Lipinski definition) is 0. The van der Waals surface area contributed by atoms with E-state index in [-0.39, 0.29) is 0 Å². The van der Waals surface area contributed by atoms with Gasteiger partial charge in [0.1, 0.15) is 0 Å². The van der Waals surface area contributed by atoms with Gasteiger partial charge in [0.2, 0.25) is 0 Å². The van der Waals surface area contributed by atoms with E-state index in [9.17, 15) is 0 Å². The van der Waals surface area contributed by atoms with Gasteiger partial charge in [0.25, 0.3) is 0 Å². The lowest BCUT2D eigenvalue weighted by molar-refractivity contribution is 0.436. The topological polar surface area (TPSA) is 17.8 Å². The molecule has 1 saturated carbocycles. The number of nitrogens with zero attached hydrogens (tertiary/aromatic N) is 2. The van der Waals surface area contributed by atoms with Gasteiger partial charge < -0.3 is 0 Å². The lowest BCUT2D eigenvalue weighted by Gasteiger charge is -2.26. The van der Waals surface area contributed by atoms with Gasteiger partial charge in [-0.3, -0.25) is 4.68 Å². The summed E-state index contributed by atoms with van der Waals surface area (Å²) in [7, 11) is 2.03. The molecule has 1 aliphatic rings. The second-order valence-electron chi connectivity index (χ2n) is 3.96. The molecule has 2 rings (SSSR count). The molecule has 0 bridgehead atoms. The van der Waals surface area contributed by atoms with Gasteiger partial charge >= 0.3 is 0 Å². The molecule has 4 heteroatoms. The minimum atomic E-state index is 0.662. The maximum atomic E-state index is 4.27. The molecule has 1 heterocycles. The number of rotatable bonds is 1. The third kappa shape index (κ3) is 2.06. The number of halogens is 2. The molecule has 0 saturated heterocycles. The summed E-state index contributed by atoms with van der Waals surface area (Å²) in [6.07, 6.45) is 7.05. The quantitative estimate of drug-likeness (QED) is 0.723.